The van der Waals surface area contributed by atoms with Crippen LogP contribution in [0.3, 0.4) is 0 Å². The Bertz CT molecular complexity index is 1550. The number of esters is 2. The van der Waals surface area contributed by atoms with Crippen molar-refractivity contribution in [1.29, 1.82) is 0 Å². The van der Waals surface area contributed by atoms with E-state index in [9.17, 15) is 28.8 Å². The van der Waals surface area contributed by atoms with Gasteiger partial charge in [0.1, 0.15) is 0 Å². The summed E-state index contributed by atoms with van der Waals surface area (Å²) in [4.78, 5) is 78.7. The van der Waals surface area contributed by atoms with E-state index < -0.39 is 46.4 Å². The fourth-order valence-electron chi connectivity index (χ4n) is 5.13. The molecule has 4 rings (SSSR count). The number of thiocarbonyl (C=S) groups is 2. The number of amides is 4. The average Bonchev–Trinajstić information content (AvgIpc) is 3.05. The number of hydrogen-bond donors (Lipinski definition) is 2. The van der Waals surface area contributed by atoms with Gasteiger partial charge < -0.3 is 20.1 Å². The Balaban J connectivity index is 0.000000347. The number of ether oxygens (including phenoxy) is 2. The molecule has 12 nitrogen and oxygen atoms in total. The molecule has 2 aromatic rings. The normalized spacial score (nSPS) is 20.7. The quantitative estimate of drug-likeness (QED) is 0.229. The second-order valence-electron chi connectivity index (χ2n) is 14.6. The Morgan fingerprint density at radius 1 is 0.627 bits per heavy atom. The fraction of sp³-hybridized carbons (Fsp3) is 0.459. The maximum atomic E-state index is 13.0. The first kappa shape index (κ1) is 42.6. The van der Waals surface area contributed by atoms with Crippen molar-refractivity contribution in [2.75, 3.05) is 27.3 Å². The van der Waals surface area contributed by atoms with Gasteiger partial charge in [-0.15, -0.1) is 0 Å². The molecule has 0 bridgehead atoms. The number of nitrogens with one attached hydrogen (secondary N) is 2. The van der Waals surface area contributed by atoms with Crippen LogP contribution in [0.5, 0.6) is 0 Å². The minimum Gasteiger partial charge on any atom is -0.465 e. The molecule has 0 aromatic heterocycles. The van der Waals surface area contributed by atoms with Gasteiger partial charge in [0.05, 0.1) is 26.1 Å². The van der Waals surface area contributed by atoms with E-state index in [1.54, 1.807) is 60.7 Å². The van der Waals surface area contributed by atoms with Gasteiger partial charge in [-0.25, -0.2) is 0 Å². The van der Waals surface area contributed by atoms with Crippen LogP contribution in [0.4, 0.5) is 0 Å². The first-order valence-corrected chi connectivity index (χ1v) is 16.7. The van der Waals surface area contributed by atoms with Crippen molar-refractivity contribution in [2.24, 2.45) is 10.8 Å². The first-order valence-electron chi connectivity index (χ1n) is 15.9. The van der Waals surface area contributed by atoms with E-state index in [1.807, 2.05) is 41.5 Å². The van der Waals surface area contributed by atoms with Crippen molar-refractivity contribution < 1.29 is 38.2 Å². The lowest BCUT2D eigenvalue weighted by Gasteiger charge is -2.39. The molecule has 2 N–H and O–H groups in total. The van der Waals surface area contributed by atoms with Crippen LogP contribution in [0.1, 0.15) is 72.9 Å². The highest BCUT2D eigenvalue weighted by Gasteiger charge is 2.56. The van der Waals surface area contributed by atoms with Gasteiger partial charge in [-0.1, -0.05) is 110 Å². The lowest BCUT2D eigenvalue weighted by molar-refractivity contribution is -0.155. The summed E-state index contributed by atoms with van der Waals surface area (Å²) < 4.78 is 10.6. The minimum absolute atomic E-state index is 0. The Morgan fingerprint density at radius 2 is 0.922 bits per heavy atom. The summed E-state index contributed by atoms with van der Waals surface area (Å²) in [5.41, 5.74) is -2.95. The number of carbonyl (C=O) groups is 6. The van der Waals surface area contributed by atoms with E-state index in [1.165, 1.54) is 23.9 Å². The van der Waals surface area contributed by atoms with E-state index in [4.69, 9.17) is 33.9 Å². The lowest BCUT2D eigenvalue weighted by Crippen LogP contribution is -2.65. The third-order valence-corrected chi connectivity index (χ3v) is 8.60. The van der Waals surface area contributed by atoms with Crippen LogP contribution in [0.2, 0.25) is 0 Å². The molecule has 2 unspecified atom stereocenters. The molecular formula is C37H48N4O8S2. The van der Waals surface area contributed by atoms with Crippen LogP contribution in [-0.4, -0.2) is 82.9 Å². The zero-order chi connectivity index (χ0) is 37.7. The predicted molar refractivity (Wildman–Crippen MR) is 200 cm³/mol. The Labute approximate surface area is 310 Å². The second kappa shape index (κ2) is 16.6. The molecule has 4 amide bonds. The molecule has 2 aliphatic heterocycles. The number of rotatable bonds is 8. The number of benzene rings is 2. The summed E-state index contributed by atoms with van der Waals surface area (Å²) in [5.74, 6) is -3.52. The highest BCUT2D eigenvalue weighted by molar-refractivity contribution is 7.80. The van der Waals surface area contributed by atoms with Gasteiger partial charge in [-0.05, 0) is 46.4 Å². The third-order valence-electron chi connectivity index (χ3n) is 7.85. The molecular weight excluding hydrogens is 693 g/mol. The third kappa shape index (κ3) is 9.82. The molecule has 14 heteroatoms. The van der Waals surface area contributed by atoms with Crippen molar-refractivity contribution in [3.05, 3.63) is 71.8 Å². The molecule has 2 saturated heterocycles. The van der Waals surface area contributed by atoms with E-state index in [-0.39, 0.29) is 54.5 Å². The molecule has 276 valence electrons. The van der Waals surface area contributed by atoms with Crippen LogP contribution in [0.25, 0.3) is 0 Å². The molecule has 0 spiro atoms. The highest BCUT2D eigenvalue weighted by Crippen LogP contribution is 2.35. The summed E-state index contributed by atoms with van der Waals surface area (Å²) in [7, 11) is 2.95. The van der Waals surface area contributed by atoms with Crippen LogP contribution in [0, 0.1) is 10.8 Å². The predicted octanol–water partition coefficient (Wildman–Crippen LogP) is 4.19. The highest BCUT2D eigenvalue weighted by atomic mass is 32.1. The first-order chi connectivity index (χ1) is 23.2. The summed E-state index contributed by atoms with van der Waals surface area (Å²) in [6.45, 7) is 12.0. The lowest BCUT2D eigenvalue weighted by atomic mass is 9.74. The molecule has 51 heavy (non-hydrogen) atoms. The fourth-order valence-corrected chi connectivity index (χ4v) is 5.48. The maximum Gasteiger partial charge on any atom is 0.307 e. The maximum absolute atomic E-state index is 13.0. The molecule has 2 fully saturated rings. The minimum atomic E-state index is -1.69. The molecule has 2 aliphatic rings. The van der Waals surface area contributed by atoms with Crippen LogP contribution >= 0.6 is 24.4 Å². The van der Waals surface area contributed by atoms with Gasteiger partial charge in [0.15, 0.2) is 21.1 Å². The largest absolute Gasteiger partial charge is 0.465 e. The standard InChI is InChI=1S/2C18H22N2O4S.CH4/c2*1-17(2,3)11-24-13(21)10-18(12-8-6-5-7-9-12)14(22)19-16(25)20(4)15(18)23;/h2*5-9H,10-11H2,1-4H3,(H,19,22,25);1H4. The summed E-state index contributed by atoms with van der Waals surface area (Å²) in [5, 5.41) is 5.07. The summed E-state index contributed by atoms with van der Waals surface area (Å²) in [6.07, 6.45) is -0.768. The Kier molecular flexibility index (Phi) is 13.9. The number of hydrogen-bond acceptors (Lipinski definition) is 10. The van der Waals surface area contributed by atoms with Crippen molar-refractivity contribution in [3.63, 3.8) is 0 Å². The molecule has 0 aliphatic carbocycles. The monoisotopic (exact) mass is 740 g/mol. The van der Waals surface area contributed by atoms with E-state index in [0.717, 1.165) is 0 Å². The SMILES string of the molecule is C.CN1C(=O)C(CC(=O)OCC(C)(C)C)(c2ccccc2)C(=O)NC1=S.CN1C(=O)C(CC(=O)OCC(C)(C)C)(c2ccccc2)C(=O)NC1=S. The van der Waals surface area contributed by atoms with Crippen molar-refractivity contribution in [1.82, 2.24) is 20.4 Å². The zero-order valence-electron chi connectivity index (χ0n) is 29.6. The van der Waals surface area contributed by atoms with Gasteiger partial charge in [-0.3, -0.25) is 38.6 Å². The van der Waals surface area contributed by atoms with E-state index in [0.29, 0.717) is 11.1 Å². The van der Waals surface area contributed by atoms with Crippen molar-refractivity contribution in [2.45, 2.75) is 72.6 Å². The van der Waals surface area contributed by atoms with Gasteiger partial charge in [0, 0.05) is 14.1 Å². The molecule has 2 atom stereocenters. The molecule has 2 heterocycles. The Hall–Kier alpha value is -4.56. The molecule has 2 aromatic carbocycles. The second-order valence-corrected chi connectivity index (χ2v) is 15.4. The zero-order valence-corrected chi connectivity index (χ0v) is 31.2. The summed E-state index contributed by atoms with van der Waals surface area (Å²) in [6, 6.07) is 17.0. The van der Waals surface area contributed by atoms with E-state index in [2.05, 4.69) is 10.6 Å². The Morgan fingerprint density at radius 3 is 1.20 bits per heavy atom. The molecule has 0 saturated carbocycles. The van der Waals surface area contributed by atoms with Gasteiger partial charge in [0.2, 0.25) is 23.6 Å². The van der Waals surface area contributed by atoms with Gasteiger partial charge in [-0.2, -0.15) is 0 Å². The van der Waals surface area contributed by atoms with Crippen molar-refractivity contribution >= 4 is 70.2 Å². The van der Waals surface area contributed by atoms with Gasteiger partial charge in [0.25, 0.3) is 0 Å². The van der Waals surface area contributed by atoms with Crippen LogP contribution < -0.4 is 10.6 Å². The van der Waals surface area contributed by atoms with Crippen LogP contribution in [0.15, 0.2) is 60.7 Å². The number of nitrogens with zero attached hydrogens (tertiary/aromatic N) is 2. The number of likely N-dealkylation sites (N-methyl/N-ethyl adjacent to an activating group) is 2. The molecule has 0 radical (unpaired) electrons. The van der Waals surface area contributed by atoms with Crippen molar-refractivity contribution in [3.8, 4) is 0 Å². The topological polar surface area (TPSA) is 151 Å². The summed E-state index contributed by atoms with van der Waals surface area (Å²) >= 11 is 10.0. The smallest absolute Gasteiger partial charge is 0.307 e. The average molecular weight is 741 g/mol. The van der Waals surface area contributed by atoms with Crippen LogP contribution in [-0.2, 0) is 49.1 Å². The van der Waals surface area contributed by atoms with Gasteiger partial charge >= 0.3 is 11.9 Å². The number of carbonyl (C=O) groups excluding carboxylic acids is 6. The van der Waals surface area contributed by atoms with E-state index >= 15 is 0 Å².